The van der Waals surface area contributed by atoms with Crippen LogP contribution in [-0.2, 0) is 13.0 Å². The molecule has 0 unspecified atom stereocenters. The molecule has 0 saturated heterocycles. The second kappa shape index (κ2) is 5.69. The fraction of sp³-hybridized carbons (Fsp3) is 0.125. The number of fused-ring (bicyclic) bond motifs is 1. The average Bonchev–Trinajstić information content (AvgIpc) is 2.49. The van der Waals surface area contributed by atoms with E-state index < -0.39 is 0 Å². The number of rotatable bonds is 3. The van der Waals surface area contributed by atoms with Gasteiger partial charge in [0, 0.05) is 16.7 Å². The summed E-state index contributed by atoms with van der Waals surface area (Å²) >= 11 is 3.38. The zero-order chi connectivity index (χ0) is 14.8. The van der Waals surface area contributed by atoms with Crippen molar-refractivity contribution in [2.75, 3.05) is 5.73 Å². The first-order valence-corrected chi connectivity index (χ1v) is 7.42. The van der Waals surface area contributed by atoms with Crippen LogP contribution in [0.2, 0.25) is 0 Å². The first-order valence-electron chi connectivity index (χ1n) is 6.63. The molecule has 5 heteroatoms. The molecule has 0 amide bonds. The predicted molar refractivity (Wildman–Crippen MR) is 88.3 cm³/mol. The van der Waals surface area contributed by atoms with Crippen molar-refractivity contribution in [3.05, 3.63) is 69.2 Å². The summed E-state index contributed by atoms with van der Waals surface area (Å²) in [5, 5.41) is 0.618. The highest BCUT2D eigenvalue weighted by atomic mass is 79.9. The van der Waals surface area contributed by atoms with E-state index in [2.05, 4.69) is 20.9 Å². The topological polar surface area (TPSA) is 60.9 Å². The zero-order valence-electron chi connectivity index (χ0n) is 11.3. The van der Waals surface area contributed by atoms with Crippen LogP contribution < -0.4 is 11.3 Å². The van der Waals surface area contributed by atoms with Gasteiger partial charge < -0.3 is 5.73 Å². The number of benzene rings is 2. The maximum absolute atomic E-state index is 12.5. The molecule has 106 valence electrons. The van der Waals surface area contributed by atoms with E-state index in [4.69, 9.17) is 5.73 Å². The smallest absolute Gasteiger partial charge is 0.261 e. The van der Waals surface area contributed by atoms with Crippen molar-refractivity contribution < 1.29 is 0 Å². The van der Waals surface area contributed by atoms with Gasteiger partial charge in [0.05, 0.1) is 17.2 Å². The second-order valence-corrected chi connectivity index (χ2v) is 5.77. The number of nitrogens with zero attached hydrogens (tertiary/aromatic N) is 2. The Balaban J connectivity index is 1.93. The number of aryl methyl sites for hydroxylation is 2. The summed E-state index contributed by atoms with van der Waals surface area (Å²) in [6.07, 6.45) is 2.30. The molecular formula is C16H14BrN3O. The Kier molecular flexibility index (Phi) is 3.75. The molecule has 0 radical (unpaired) electrons. The Hall–Kier alpha value is -2.14. The molecule has 1 heterocycles. The molecule has 3 aromatic rings. The van der Waals surface area contributed by atoms with Gasteiger partial charge in [0.2, 0.25) is 0 Å². The van der Waals surface area contributed by atoms with Crippen LogP contribution in [0.3, 0.4) is 0 Å². The van der Waals surface area contributed by atoms with E-state index in [1.807, 2.05) is 36.4 Å². The van der Waals surface area contributed by atoms with Gasteiger partial charge in [-0.25, -0.2) is 4.98 Å². The molecule has 0 aliphatic carbocycles. The van der Waals surface area contributed by atoms with Crippen LogP contribution in [0.1, 0.15) is 5.56 Å². The summed E-state index contributed by atoms with van der Waals surface area (Å²) in [7, 11) is 0. The monoisotopic (exact) mass is 343 g/mol. The molecule has 3 rings (SSSR count). The lowest BCUT2D eigenvalue weighted by molar-refractivity contribution is 0.663. The second-order valence-electron chi connectivity index (χ2n) is 4.85. The Bertz CT molecular complexity index is 858. The van der Waals surface area contributed by atoms with Gasteiger partial charge in [-0.2, -0.15) is 0 Å². The van der Waals surface area contributed by atoms with Crippen molar-refractivity contribution in [3.8, 4) is 0 Å². The molecule has 0 fully saturated rings. The van der Waals surface area contributed by atoms with Crippen LogP contribution in [-0.4, -0.2) is 9.55 Å². The molecule has 1 aromatic heterocycles. The van der Waals surface area contributed by atoms with E-state index in [0.717, 1.165) is 15.7 Å². The lowest BCUT2D eigenvalue weighted by atomic mass is 10.1. The van der Waals surface area contributed by atoms with Crippen molar-refractivity contribution in [1.29, 1.82) is 0 Å². The fourth-order valence-electron chi connectivity index (χ4n) is 2.29. The third-order valence-corrected chi connectivity index (χ3v) is 3.96. The quantitative estimate of drug-likeness (QED) is 0.743. The van der Waals surface area contributed by atoms with Crippen LogP contribution in [0, 0.1) is 0 Å². The van der Waals surface area contributed by atoms with Gasteiger partial charge in [-0.3, -0.25) is 9.36 Å². The molecule has 0 spiro atoms. The van der Waals surface area contributed by atoms with E-state index >= 15 is 0 Å². The Morgan fingerprint density at radius 2 is 2.00 bits per heavy atom. The van der Waals surface area contributed by atoms with E-state index in [-0.39, 0.29) is 5.56 Å². The minimum atomic E-state index is -0.0317. The first kappa shape index (κ1) is 13.8. The number of aromatic nitrogens is 2. The normalized spacial score (nSPS) is 10.9. The minimum Gasteiger partial charge on any atom is -0.399 e. The lowest BCUT2D eigenvalue weighted by Gasteiger charge is -2.08. The predicted octanol–water partition coefficient (Wildman–Crippen LogP) is 2.98. The standard InChI is InChI=1S/C16H14BrN3O/c17-12-5-6-15-13(9-12)16(21)20(10-19-15)8-7-11-3-1-2-4-14(11)18/h1-6,9-10H,7-8,18H2. The van der Waals surface area contributed by atoms with Crippen LogP contribution in [0.15, 0.2) is 58.1 Å². The number of nitrogens with two attached hydrogens (primary N) is 1. The first-order chi connectivity index (χ1) is 10.1. The summed E-state index contributed by atoms with van der Waals surface area (Å²) in [6.45, 7) is 0.558. The molecule has 0 bridgehead atoms. The van der Waals surface area contributed by atoms with Crippen molar-refractivity contribution >= 4 is 32.5 Å². The van der Waals surface area contributed by atoms with Crippen molar-refractivity contribution in [3.63, 3.8) is 0 Å². The molecule has 2 N–H and O–H groups in total. The van der Waals surface area contributed by atoms with Crippen LogP contribution >= 0.6 is 15.9 Å². The summed E-state index contributed by atoms with van der Waals surface area (Å²) < 4.78 is 2.50. The Morgan fingerprint density at radius 1 is 1.19 bits per heavy atom. The highest BCUT2D eigenvalue weighted by Gasteiger charge is 2.05. The summed E-state index contributed by atoms with van der Waals surface area (Å²) in [5.74, 6) is 0. The highest BCUT2D eigenvalue weighted by molar-refractivity contribution is 9.10. The lowest BCUT2D eigenvalue weighted by Crippen LogP contribution is -2.21. The molecule has 0 aliphatic rings. The Labute approximate surface area is 130 Å². The fourth-order valence-corrected chi connectivity index (χ4v) is 2.65. The summed E-state index contributed by atoms with van der Waals surface area (Å²) in [4.78, 5) is 16.8. The molecule has 0 atom stereocenters. The minimum absolute atomic E-state index is 0.0317. The van der Waals surface area contributed by atoms with Gasteiger partial charge in [0.1, 0.15) is 0 Å². The van der Waals surface area contributed by atoms with Gasteiger partial charge in [-0.05, 0) is 36.2 Å². The van der Waals surface area contributed by atoms with Gasteiger partial charge in [0.15, 0.2) is 0 Å². The number of nitrogen functional groups attached to an aromatic ring is 1. The number of hydrogen-bond acceptors (Lipinski definition) is 3. The maximum atomic E-state index is 12.5. The van der Waals surface area contributed by atoms with E-state index in [1.165, 1.54) is 0 Å². The van der Waals surface area contributed by atoms with Crippen molar-refractivity contribution in [2.45, 2.75) is 13.0 Å². The van der Waals surface area contributed by atoms with E-state index in [9.17, 15) is 4.79 Å². The van der Waals surface area contributed by atoms with Crippen LogP contribution in [0.25, 0.3) is 10.9 Å². The number of para-hydroxylation sites is 1. The SMILES string of the molecule is Nc1ccccc1CCn1cnc2ccc(Br)cc2c1=O. The Morgan fingerprint density at radius 3 is 2.81 bits per heavy atom. The van der Waals surface area contributed by atoms with Crippen molar-refractivity contribution in [2.24, 2.45) is 0 Å². The third kappa shape index (κ3) is 2.83. The number of anilines is 1. The zero-order valence-corrected chi connectivity index (χ0v) is 12.9. The average molecular weight is 344 g/mol. The molecular weight excluding hydrogens is 330 g/mol. The van der Waals surface area contributed by atoms with Gasteiger partial charge in [-0.15, -0.1) is 0 Å². The molecule has 0 saturated carbocycles. The largest absolute Gasteiger partial charge is 0.399 e. The molecule has 0 aliphatic heterocycles. The molecule has 4 nitrogen and oxygen atoms in total. The van der Waals surface area contributed by atoms with Gasteiger partial charge >= 0.3 is 0 Å². The molecule has 21 heavy (non-hydrogen) atoms. The van der Waals surface area contributed by atoms with Crippen molar-refractivity contribution in [1.82, 2.24) is 9.55 Å². The van der Waals surface area contributed by atoms with Gasteiger partial charge in [-0.1, -0.05) is 34.1 Å². The maximum Gasteiger partial charge on any atom is 0.261 e. The summed E-state index contributed by atoms with van der Waals surface area (Å²) in [6, 6.07) is 13.2. The third-order valence-electron chi connectivity index (χ3n) is 3.46. The van der Waals surface area contributed by atoms with E-state index in [1.54, 1.807) is 17.0 Å². The number of hydrogen-bond donors (Lipinski definition) is 1. The van der Waals surface area contributed by atoms with Crippen LogP contribution in [0.5, 0.6) is 0 Å². The highest BCUT2D eigenvalue weighted by Crippen LogP contribution is 2.15. The van der Waals surface area contributed by atoms with Gasteiger partial charge in [0.25, 0.3) is 5.56 Å². The molecule has 2 aromatic carbocycles. The van der Waals surface area contributed by atoms with E-state index in [0.29, 0.717) is 23.9 Å². The number of halogens is 1. The van der Waals surface area contributed by atoms with Crippen LogP contribution in [0.4, 0.5) is 5.69 Å². The summed E-state index contributed by atoms with van der Waals surface area (Å²) in [5.41, 5.74) is 8.39.